The smallest absolute Gasteiger partial charge is 0.0795 e. The van der Waals surface area contributed by atoms with Gasteiger partial charge in [-0.25, -0.2) is 0 Å². The van der Waals surface area contributed by atoms with Gasteiger partial charge < -0.3 is 10.1 Å². The molecule has 2 fully saturated rings. The van der Waals surface area contributed by atoms with Crippen molar-refractivity contribution in [2.24, 2.45) is 0 Å². The highest BCUT2D eigenvalue weighted by Crippen LogP contribution is 2.38. The number of rotatable bonds is 3. The molecule has 1 aromatic heterocycles. The summed E-state index contributed by atoms with van der Waals surface area (Å²) in [5, 5.41) is 5.95. The van der Waals surface area contributed by atoms with Crippen LogP contribution in [0.25, 0.3) is 0 Å². The number of hydrogen-bond acceptors (Lipinski definition) is 4. The van der Waals surface area contributed by atoms with Gasteiger partial charge in [-0.05, 0) is 43.4 Å². The van der Waals surface area contributed by atoms with E-state index in [2.05, 4.69) is 29.8 Å². The topological polar surface area (TPSA) is 21.3 Å². The van der Waals surface area contributed by atoms with Crippen LogP contribution in [0.15, 0.2) is 17.5 Å². The van der Waals surface area contributed by atoms with E-state index in [1.165, 1.54) is 29.2 Å². The Labute approximate surface area is 117 Å². The zero-order valence-corrected chi connectivity index (χ0v) is 12.5. The maximum Gasteiger partial charge on any atom is 0.0795 e. The standard InChI is InChI=1S/C14H21NOS2/c1-11(13-3-2-7-18-13)15-12-4-6-16-14(9-12)5-8-17-10-14/h2-3,7,11-12,15H,4-6,8-10H2,1H3/t11-,12?,14?/m1/s1. The van der Waals surface area contributed by atoms with Gasteiger partial charge in [-0.1, -0.05) is 6.07 Å². The minimum atomic E-state index is 0.190. The molecule has 0 saturated carbocycles. The average Bonchev–Trinajstić information content (AvgIpc) is 3.01. The van der Waals surface area contributed by atoms with E-state index in [1.807, 2.05) is 23.1 Å². The molecular formula is C14H21NOS2. The molecule has 2 saturated heterocycles. The van der Waals surface area contributed by atoms with Gasteiger partial charge in [-0.15, -0.1) is 11.3 Å². The van der Waals surface area contributed by atoms with Crippen molar-refractivity contribution in [2.45, 2.75) is 43.9 Å². The molecule has 2 nitrogen and oxygen atoms in total. The van der Waals surface area contributed by atoms with Gasteiger partial charge in [0.2, 0.25) is 0 Å². The van der Waals surface area contributed by atoms with Gasteiger partial charge in [0.25, 0.3) is 0 Å². The summed E-state index contributed by atoms with van der Waals surface area (Å²) in [6, 6.07) is 5.45. The minimum absolute atomic E-state index is 0.190. The van der Waals surface area contributed by atoms with E-state index in [1.54, 1.807) is 0 Å². The molecule has 4 heteroatoms. The lowest BCUT2D eigenvalue weighted by atomic mass is 9.89. The van der Waals surface area contributed by atoms with E-state index < -0.39 is 0 Å². The van der Waals surface area contributed by atoms with Crippen molar-refractivity contribution >= 4 is 23.1 Å². The molecule has 100 valence electrons. The molecule has 0 radical (unpaired) electrons. The third-order valence-electron chi connectivity index (χ3n) is 4.02. The van der Waals surface area contributed by atoms with Crippen LogP contribution >= 0.6 is 23.1 Å². The molecule has 1 aromatic rings. The highest BCUT2D eigenvalue weighted by Gasteiger charge is 2.40. The second-order valence-electron chi connectivity index (χ2n) is 5.43. The zero-order chi connectivity index (χ0) is 12.4. The number of thiophene rings is 1. The third-order valence-corrected chi connectivity index (χ3v) is 6.29. The predicted octanol–water partition coefficient (Wildman–Crippen LogP) is 3.45. The zero-order valence-electron chi connectivity index (χ0n) is 10.9. The Bertz CT molecular complexity index is 373. The van der Waals surface area contributed by atoms with Crippen LogP contribution in [0.5, 0.6) is 0 Å². The van der Waals surface area contributed by atoms with Gasteiger partial charge in [0, 0.05) is 29.3 Å². The molecule has 0 bridgehead atoms. The summed E-state index contributed by atoms with van der Waals surface area (Å²) < 4.78 is 6.07. The van der Waals surface area contributed by atoms with Gasteiger partial charge in [0.1, 0.15) is 0 Å². The SMILES string of the molecule is C[C@@H](NC1CCOC2(CCSC2)C1)c1cccs1. The van der Waals surface area contributed by atoms with Crippen molar-refractivity contribution < 1.29 is 4.74 Å². The number of thioether (sulfide) groups is 1. The first kappa shape index (κ1) is 13.0. The molecular weight excluding hydrogens is 262 g/mol. The van der Waals surface area contributed by atoms with Crippen molar-refractivity contribution in [1.82, 2.24) is 5.32 Å². The monoisotopic (exact) mass is 283 g/mol. The van der Waals surface area contributed by atoms with Gasteiger partial charge in [-0.3, -0.25) is 0 Å². The Hall–Kier alpha value is -0.0300. The van der Waals surface area contributed by atoms with Crippen LogP contribution in [0, 0.1) is 0 Å². The summed E-state index contributed by atoms with van der Waals surface area (Å²) in [5.74, 6) is 2.46. The number of ether oxygens (including phenoxy) is 1. The van der Waals surface area contributed by atoms with Crippen molar-refractivity contribution in [3.05, 3.63) is 22.4 Å². The van der Waals surface area contributed by atoms with E-state index in [0.29, 0.717) is 12.1 Å². The predicted molar refractivity (Wildman–Crippen MR) is 79.5 cm³/mol. The molecule has 2 unspecified atom stereocenters. The van der Waals surface area contributed by atoms with Crippen molar-refractivity contribution in [3.63, 3.8) is 0 Å². The van der Waals surface area contributed by atoms with Gasteiger partial charge in [0.15, 0.2) is 0 Å². The Morgan fingerprint density at radius 3 is 3.22 bits per heavy atom. The summed E-state index contributed by atoms with van der Waals surface area (Å²) in [4.78, 5) is 1.44. The molecule has 2 aliphatic heterocycles. The van der Waals surface area contributed by atoms with Crippen molar-refractivity contribution in [2.75, 3.05) is 18.1 Å². The molecule has 0 aliphatic carbocycles. The lowest BCUT2D eigenvalue weighted by Crippen LogP contribution is -2.47. The first-order chi connectivity index (χ1) is 8.77. The van der Waals surface area contributed by atoms with Crippen LogP contribution in [-0.2, 0) is 4.74 Å². The van der Waals surface area contributed by atoms with E-state index in [9.17, 15) is 0 Å². The highest BCUT2D eigenvalue weighted by molar-refractivity contribution is 7.99. The second-order valence-corrected chi connectivity index (χ2v) is 7.51. The first-order valence-electron chi connectivity index (χ1n) is 6.79. The van der Waals surface area contributed by atoms with Gasteiger partial charge in [0.05, 0.1) is 5.60 Å². The van der Waals surface area contributed by atoms with Crippen LogP contribution < -0.4 is 5.32 Å². The van der Waals surface area contributed by atoms with Crippen molar-refractivity contribution in [1.29, 1.82) is 0 Å². The fourth-order valence-corrected chi connectivity index (χ4v) is 5.13. The maximum absolute atomic E-state index is 6.07. The van der Waals surface area contributed by atoms with E-state index in [4.69, 9.17) is 4.74 Å². The first-order valence-corrected chi connectivity index (χ1v) is 8.82. The van der Waals surface area contributed by atoms with Crippen LogP contribution in [0.4, 0.5) is 0 Å². The summed E-state index contributed by atoms with van der Waals surface area (Å²) in [7, 11) is 0. The third kappa shape index (κ3) is 2.77. The van der Waals surface area contributed by atoms with Gasteiger partial charge in [-0.2, -0.15) is 11.8 Å². The lowest BCUT2D eigenvalue weighted by Gasteiger charge is -2.39. The molecule has 3 heterocycles. The highest BCUT2D eigenvalue weighted by atomic mass is 32.2. The fraction of sp³-hybridized carbons (Fsp3) is 0.714. The molecule has 0 aromatic carbocycles. The Morgan fingerprint density at radius 2 is 2.50 bits per heavy atom. The molecule has 3 atom stereocenters. The normalized spacial score (nSPS) is 33.9. The van der Waals surface area contributed by atoms with Crippen LogP contribution in [0.2, 0.25) is 0 Å². The van der Waals surface area contributed by atoms with E-state index in [-0.39, 0.29) is 5.60 Å². The molecule has 1 spiro atoms. The number of hydrogen-bond donors (Lipinski definition) is 1. The molecule has 2 aliphatic rings. The summed E-state index contributed by atoms with van der Waals surface area (Å²) >= 11 is 3.89. The average molecular weight is 283 g/mol. The number of nitrogens with one attached hydrogen (secondary N) is 1. The minimum Gasteiger partial charge on any atom is -0.374 e. The lowest BCUT2D eigenvalue weighted by molar-refractivity contribution is -0.0711. The van der Waals surface area contributed by atoms with Crippen LogP contribution in [0.1, 0.15) is 37.1 Å². The molecule has 3 rings (SSSR count). The summed E-state index contributed by atoms with van der Waals surface area (Å²) in [6.45, 7) is 3.20. The van der Waals surface area contributed by atoms with E-state index in [0.717, 1.165) is 13.0 Å². The molecule has 18 heavy (non-hydrogen) atoms. The fourth-order valence-electron chi connectivity index (χ4n) is 3.01. The Morgan fingerprint density at radius 1 is 1.56 bits per heavy atom. The quantitative estimate of drug-likeness (QED) is 0.918. The molecule has 1 N–H and O–H groups in total. The second kappa shape index (κ2) is 5.53. The van der Waals surface area contributed by atoms with Crippen LogP contribution in [0.3, 0.4) is 0 Å². The van der Waals surface area contributed by atoms with Crippen molar-refractivity contribution in [3.8, 4) is 0 Å². The van der Waals surface area contributed by atoms with Crippen LogP contribution in [-0.4, -0.2) is 29.8 Å². The largest absolute Gasteiger partial charge is 0.374 e. The maximum atomic E-state index is 6.07. The molecule has 0 amide bonds. The Balaban J connectivity index is 1.59. The summed E-state index contributed by atoms with van der Waals surface area (Å²) in [5.41, 5.74) is 0.190. The Kier molecular flexibility index (Phi) is 3.99. The van der Waals surface area contributed by atoms with Gasteiger partial charge >= 0.3 is 0 Å². The summed E-state index contributed by atoms with van der Waals surface area (Å²) in [6.07, 6.45) is 3.58. The van der Waals surface area contributed by atoms with E-state index >= 15 is 0 Å².